The van der Waals surface area contributed by atoms with Gasteiger partial charge in [-0.1, -0.05) is 6.92 Å². The number of halogens is 1. The first-order valence-electron chi connectivity index (χ1n) is 6.22. The monoisotopic (exact) mass is 347 g/mol. The summed E-state index contributed by atoms with van der Waals surface area (Å²) in [5.41, 5.74) is 6.14. The summed E-state index contributed by atoms with van der Waals surface area (Å²) < 4.78 is 27.2. The first kappa shape index (κ1) is 14.8. The van der Waals surface area contributed by atoms with Crippen molar-refractivity contribution in [3.63, 3.8) is 0 Å². The molecule has 1 fully saturated rings. The van der Waals surface area contributed by atoms with E-state index in [2.05, 4.69) is 27.8 Å². The molecule has 0 amide bonds. The highest BCUT2D eigenvalue weighted by atomic mass is 79.9. The number of anilines is 1. The number of benzene rings is 1. The van der Waals surface area contributed by atoms with Crippen LogP contribution < -0.4 is 5.73 Å². The minimum Gasteiger partial charge on any atom is -0.399 e. The lowest BCUT2D eigenvalue weighted by Crippen LogP contribution is -2.48. The van der Waals surface area contributed by atoms with E-state index in [1.54, 1.807) is 12.1 Å². The van der Waals surface area contributed by atoms with Gasteiger partial charge in [0.05, 0.1) is 4.90 Å². The van der Waals surface area contributed by atoms with Crippen molar-refractivity contribution in [1.29, 1.82) is 0 Å². The minimum atomic E-state index is -3.47. The Balaban J connectivity index is 2.26. The van der Waals surface area contributed by atoms with E-state index in [-0.39, 0.29) is 4.90 Å². The lowest BCUT2D eigenvalue weighted by molar-refractivity contribution is 0.196. The van der Waals surface area contributed by atoms with E-state index in [0.29, 0.717) is 23.2 Å². The van der Waals surface area contributed by atoms with Crippen LogP contribution in [0.4, 0.5) is 5.69 Å². The fourth-order valence-corrected chi connectivity index (χ4v) is 4.52. The zero-order chi connectivity index (χ0) is 14.0. The van der Waals surface area contributed by atoms with Crippen molar-refractivity contribution in [2.45, 2.75) is 11.8 Å². The molecule has 1 aliphatic rings. The van der Waals surface area contributed by atoms with Crippen LogP contribution in [0.3, 0.4) is 0 Å². The molecule has 0 unspecified atom stereocenters. The van der Waals surface area contributed by atoms with Gasteiger partial charge in [0.1, 0.15) is 0 Å². The molecule has 0 aromatic heterocycles. The van der Waals surface area contributed by atoms with Gasteiger partial charge >= 0.3 is 0 Å². The van der Waals surface area contributed by atoms with Gasteiger partial charge in [-0.05, 0) is 40.7 Å². The number of rotatable bonds is 3. The zero-order valence-electron chi connectivity index (χ0n) is 10.8. The molecule has 1 saturated heterocycles. The highest BCUT2D eigenvalue weighted by Crippen LogP contribution is 2.27. The van der Waals surface area contributed by atoms with Gasteiger partial charge in [0, 0.05) is 36.3 Å². The van der Waals surface area contributed by atoms with Crippen LogP contribution >= 0.6 is 15.9 Å². The van der Waals surface area contributed by atoms with Gasteiger partial charge in [0.15, 0.2) is 0 Å². The minimum absolute atomic E-state index is 0.248. The number of hydrogen-bond donors (Lipinski definition) is 1. The van der Waals surface area contributed by atoms with Crippen LogP contribution in [0.2, 0.25) is 0 Å². The third-order valence-electron chi connectivity index (χ3n) is 3.35. The average molecular weight is 348 g/mol. The van der Waals surface area contributed by atoms with Gasteiger partial charge in [-0.2, -0.15) is 4.31 Å². The number of piperazine rings is 1. The van der Waals surface area contributed by atoms with E-state index in [1.165, 1.54) is 10.4 Å². The molecule has 1 aromatic rings. The van der Waals surface area contributed by atoms with Gasteiger partial charge in [0.2, 0.25) is 10.0 Å². The molecule has 0 bridgehead atoms. The predicted octanol–water partition coefficient (Wildman–Crippen LogP) is 1.36. The standard InChI is InChI=1S/C12H18BrN3O2S/c1-2-15-5-7-16(8-6-15)19(17,18)12-9-10(14)3-4-11(12)13/h3-4,9H,2,5-8,14H2,1H3. The number of likely N-dealkylation sites (N-methyl/N-ethyl adjacent to an activating group) is 1. The molecule has 5 nitrogen and oxygen atoms in total. The van der Waals surface area contributed by atoms with Gasteiger partial charge < -0.3 is 10.6 Å². The molecule has 2 rings (SSSR count). The lowest BCUT2D eigenvalue weighted by atomic mass is 10.3. The number of nitrogens with zero attached hydrogens (tertiary/aromatic N) is 2. The molecule has 19 heavy (non-hydrogen) atoms. The Hall–Kier alpha value is -0.630. The fourth-order valence-electron chi connectivity index (χ4n) is 2.14. The van der Waals surface area contributed by atoms with Crippen LogP contribution in [0.1, 0.15) is 6.92 Å². The first-order chi connectivity index (χ1) is 8.95. The lowest BCUT2D eigenvalue weighted by Gasteiger charge is -2.33. The Bertz CT molecular complexity index is 554. The van der Waals surface area contributed by atoms with Crippen LogP contribution in [0.15, 0.2) is 27.6 Å². The molecule has 0 aliphatic carbocycles. The van der Waals surface area contributed by atoms with Crippen LogP contribution in [-0.4, -0.2) is 50.3 Å². The zero-order valence-corrected chi connectivity index (χ0v) is 13.2. The second kappa shape index (κ2) is 5.78. The normalized spacial score (nSPS) is 18.6. The molecular weight excluding hydrogens is 330 g/mol. The summed E-state index contributed by atoms with van der Waals surface area (Å²) in [5.74, 6) is 0. The summed E-state index contributed by atoms with van der Waals surface area (Å²) in [6.45, 7) is 5.63. The first-order valence-corrected chi connectivity index (χ1v) is 8.46. The maximum Gasteiger partial charge on any atom is 0.244 e. The fraction of sp³-hybridized carbons (Fsp3) is 0.500. The predicted molar refractivity (Wildman–Crippen MR) is 79.4 cm³/mol. The summed E-state index contributed by atoms with van der Waals surface area (Å²) >= 11 is 3.29. The molecule has 106 valence electrons. The molecule has 0 atom stereocenters. The molecule has 0 saturated carbocycles. The number of sulfonamides is 1. The number of nitrogens with two attached hydrogens (primary N) is 1. The molecule has 1 aromatic carbocycles. The molecule has 7 heteroatoms. The van der Waals surface area contributed by atoms with Gasteiger partial charge in [0.25, 0.3) is 0 Å². The van der Waals surface area contributed by atoms with E-state index in [0.717, 1.165) is 19.6 Å². The van der Waals surface area contributed by atoms with Crippen molar-refractivity contribution in [1.82, 2.24) is 9.21 Å². The van der Waals surface area contributed by atoms with Crippen LogP contribution in [0.25, 0.3) is 0 Å². The molecule has 2 N–H and O–H groups in total. The van der Waals surface area contributed by atoms with Crippen molar-refractivity contribution in [2.75, 3.05) is 38.5 Å². The molecular formula is C12H18BrN3O2S. The van der Waals surface area contributed by atoms with E-state index in [9.17, 15) is 8.42 Å². The number of nitrogen functional groups attached to an aromatic ring is 1. The Morgan fingerprint density at radius 2 is 1.89 bits per heavy atom. The second-order valence-electron chi connectivity index (χ2n) is 4.53. The van der Waals surface area contributed by atoms with Crippen molar-refractivity contribution in [2.24, 2.45) is 0 Å². The highest BCUT2D eigenvalue weighted by Gasteiger charge is 2.29. The Labute approximate surface area is 122 Å². The summed E-state index contributed by atoms with van der Waals surface area (Å²) in [4.78, 5) is 2.48. The van der Waals surface area contributed by atoms with Gasteiger partial charge in [-0.3, -0.25) is 0 Å². The molecule has 0 spiro atoms. The van der Waals surface area contributed by atoms with E-state index < -0.39 is 10.0 Å². The highest BCUT2D eigenvalue weighted by molar-refractivity contribution is 9.10. The summed E-state index contributed by atoms with van der Waals surface area (Å²) in [5, 5.41) is 0. The van der Waals surface area contributed by atoms with Crippen LogP contribution in [0, 0.1) is 0 Å². The third-order valence-corrected chi connectivity index (χ3v) is 6.24. The summed E-state index contributed by atoms with van der Waals surface area (Å²) in [6, 6.07) is 4.86. The quantitative estimate of drug-likeness (QED) is 0.838. The Kier molecular flexibility index (Phi) is 4.50. The SMILES string of the molecule is CCN1CCN(S(=O)(=O)c2cc(N)ccc2Br)CC1. The topological polar surface area (TPSA) is 66.6 Å². The average Bonchev–Trinajstić information content (AvgIpc) is 2.41. The maximum absolute atomic E-state index is 12.6. The van der Waals surface area contributed by atoms with E-state index in [4.69, 9.17) is 5.73 Å². The number of hydrogen-bond acceptors (Lipinski definition) is 4. The Morgan fingerprint density at radius 3 is 2.47 bits per heavy atom. The van der Waals surface area contributed by atoms with Crippen LogP contribution in [-0.2, 0) is 10.0 Å². The van der Waals surface area contributed by atoms with Crippen LogP contribution in [0.5, 0.6) is 0 Å². The smallest absolute Gasteiger partial charge is 0.244 e. The van der Waals surface area contributed by atoms with Crippen molar-refractivity contribution < 1.29 is 8.42 Å². The largest absolute Gasteiger partial charge is 0.399 e. The van der Waals surface area contributed by atoms with Crippen molar-refractivity contribution >= 4 is 31.6 Å². The van der Waals surface area contributed by atoms with Crippen molar-refractivity contribution in [3.05, 3.63) is 22.7 Å². The summed E-state index contributed by atoms with van der Waals surface area (Å²) in [7, 11) is -3.47. The molecule has 0 radical (unpaired) electrons. The molecule has 1 heterocycles. The second-order valence-corrected chi connectivity index (χ2v) is 7.29. The summed E-state index contributed by atoms with van der Waals surface area (Å²) in [6.07, 6.45) is 0. The van der Waals surface area contributed by atoms with Gasteiger partial charge in [-0.15, -0.1) is 0 Å². The maximum atomic E-state index is 12.6. The van der Waals surface area contributed by atoms with Gasteiger partial charge in [-0.25, -0.2) is 8.42 Å². The van der Waals surface area contributed by atoms with E-state index >= 15 is 0 Å². The molecule has 1 aliphatic heterocycles. The Morgan fingerprint density at radius 1 is 1.26 bits per heavy atom. The third kappa shape index (κ3) is 3.10. The van der Waals surface area contributed by atoms with E-state index in [1.807, 2.05) is 0 Å². The van der Waals surface area contributed by atoms with Crippen molar-refractivity contribution in [3.8, 4) is 0 Å².